The molecule has 2 aromatic heterocycles. The number of hydrogen-bond acceptors (Lipinski definition) is 8. The SMILES string of the molecule is Cc1cc(N2CCC(C)(O)C2)nc(OCc2cc(C(=O)NCc3cccc(C(F)F)c3)no2)n1. The number of alkyl halides is 2. The van der Waals surface area contributed by atoms with Crippen LogP contribution < -0.4 is 15.0 Å². The van der Waals surface area contributed by atoms with Gasteiger partial charge in [0.1, 0.15) is 5.82 Å². The maximum absolute atomic E-state index is 12.8. The van der Waals surface area contributed by atoms with Crippen LogP contribution in [0.3, 0.4) is 0 Å². The quantitative estimate of drug-likeness (QED) is 0.513. The summed E-state index contributed by atoms with van der Waals surface area (Å²) in [7, 11) is 0. The van der Waals surface area contributed by atoms with Crippen molar-refractivity contribution in [2.45, 2.75) is 45.4 Å². The molecule has 1 aromatic carbocycles. The Morgan fingerprint density at radius 1 is 1.32 bits per heavy atom. The number of hydrogen-bond donors (Lipinski definition) is 2. The maximum atomic E-state index is 12.8. The average Bonchev–Trinajstić information content (AvgIpc) is 3.42. The van der Waals surface area contributed by atoms with E-state index in [1.54, 1.807) is 13.0 Å². The molecule has 0 spiro atoms. The molecule has 1 amide bonds. The fraction of sp³-hybridized carbons (Fsp3) is 0.391. The van der Waals surface area contributed by atoms with Crippen molar-refractivity contribution in [1.82, 2.24) is 20.4 Å². The standard InChI is InChI=1S/C23H25F2N5O4/c1-14-8-19(30-7-6-23(2,32)13-30)28-22(27-14)33-12-17-10-18(29-34-17)21(31)26-11-15-4-3-5-16(9-15)20(24)25/h3-5,8-10,20,32H,6-7,11-13H2,1-2H3,(H,26,31). The first-order valence-corrected chi connectivity index (χ1v) is 10.8. The Labute approximate surface area is 194 Å². The van der Waals surface area contributed by atoms with Crippen molar-refractivity contribution < 1.29 is 27.9 Å². The van der Waals surface area contributed by atoms with E-state index in [9.17, 15) is 18.7 Å². The molecule has 1 atom stereocenters. The number of carbonyl (C=O) groups is 1. The Balaban J connectivity index is 1.33. The zero-order chi connectivity index (χ0) is 24.3. The summed E-state index contributed by atoms with van der Waals surface area (Å²) in [4.78, 5) is 23.0. The number of nitrogens with one attached hydrogen (secondary N) is 1. The number of aryl methyl sites for hydroxylation is 1. The zero-order valence-electron chi connectivity index (χ0n) is 18.8. The van der Waals surface area contributed by atoms with Crippen LogP contribution in [0.1, 0.15) is 52.8 Å². The van der Waals surface area contributed by atoms with E-state index in [0.717, 1.165) is 0 Å². The van der Waals surface area contributed by atoms with Crippen molar-refractivity contribution in [1.29, 1.82) is 0 Å². The van der Waals surface area contributed by atoms with E-state index < -0.39 is 17.9 Å². The Morgan fingerprint density at radius 2 is 2.15 bits per heavy atom. The zero-order valence-corrected chi connectivity index (χ0v) is 18.8. The van der Waals surface area contributed by atoms with Gasteiger partial charge in [-0.2, -0.15) is 4.98 Å². The molecule has 2 N–H and O–H groups in total. The van der Waals surface area contributed by atoms with Gasteiger partial charge in [-0.1, -0.05) is 23.4 Å². The summed E-state index contributed by atoms with van der Waals surface area (Å²) < 4.78 is 36.4. The fourth-order valence-corrected chi connectivity index (χ4v) is 3.63. The highest BCUT2D eigenvalue weighted by Crippen LogP contribution is 2.26. The molecule has 1 fully saturated rings. The summed E-state index contributed by atoms with van der Waals surface area (Å²) in [5.41, 5.74) is 0.422. The summed E-state index contributed by atoms with van der Waals surface area (Å²) in [5.74, 6) is 0.446. The molecule has 9 nitrogen and oxygen atoms in total. The molecule has 1 saturated heterocycles. The highest BCUT2D eigenvalue weighted by Gasteiger charge is 2.32. The van der Waals surface area contributed by atoms with Crippen LogP contribution in [-0.4, -0.2) is 44.8 Å². The number of amides is 1. The summed E-state index contributed by atoms with van der Waals surface area (Å²) in [6, 6.07) is 9.22. The third-order valence-electron chi connectivity index (χ3n) is 5.39. The van der Waals surface area contributed by atoms with Crippen molar-refractivity contribution in [3.05, 3.63) is 64.7 Å². The lowest BCUT2D eigenvalue weighted by Crippen LogP contribution is -2.30. The van der Waals surface area contributed by atoms with Gasteiger partial charge in [0.2, 0.25) is 0 Å². The van der Waals surface area contributed by atoms with Crippen LogP contribution >= 0.6 is 0 Å². The fourth-order valence-electron chi connectivity index (χ4n) is 3.63. The van der Waals surface area contributed by atoms with Gasteiger partial charge in [0, 0.05) is 43.0 Å². The number of nitrogens with zero attached hydrogens (tertiary/aromatic N) is 4. The van der Waals surface area contributed by atoms with Gasteiger partial charge in [-0.05, 0) is 31.9 Å². The number of halogens is 2. The van der Waals surface area contributed by atoms with E-state index in [1.165, 1.54) is 24.3 Å². The summed E-state index contributed by atoms with van der Waals surface area (Å²) in [6.07, 6.45) is -1.93. The normalized spacial score (nSPS) is 17.9. The predicted molar refractivity (Wildman–Crippen MR) is 118 cm³/mol. The molecular formula is C23H25F2N5O4. The van der Waals surface area contributed by atoms with Crippen molar-refractivity contribution in [3.8, 4) is 6.01 Å². The lowest BCUT2D eigenvalue weighted by molar-refractivity contribution is 0.0838. The molecule has 0 bridgehead atoms. The first-order valence-electron chi connectivity index (χ1n) is 10.8. The van der Waals surface area contributed by atoms with E-state index >= 15 is 0 Å². The number of β-amino-alcohol motifs (C(OH)–C–C–N with tert-alkyl or cyclic N) is 1. The first kappa shape index (κ1) is 23.6. The molecule has 1 aliphatic rings. The first-order chi connectivity index (χ1) is 16.2. The highest BCUT2D eigenvalue weighted by atomic mass is 19.3. The van der Waals surface area contributed by atoms with Gasteiger partial charge in [-0.15, -0.1) is 0 Å². The highest BCUT2D eigenvalue weighted by molar-refractivity contribution is 5.92. The van der Waals surface area contributed by atoms with Crippen LogP contribution in [0.5, 0.6) is 6.01 Å². The number of carbonyl (C=O) groups excluding carboxylic acids is 1. The van der Waals surface area contributed by atoms with Gasteiger partial charge < -0.3 is 24.6 Å². The Morgan fingerprint density at radius 3 is 2.88 bits per heavy atom. The predicted octanol–water partition coefficient (Wildman–Crippen LogP) is 3.18. The minimum absolute atomic E-state index is 0.0359. The van der Waals surface area contributed by atoms with E-state index in [2.05, 4.69) is 20.4 Å². The molecular weight excluding hydrogens is 448 g/mol. The molecule has 34 heavy (non-hydrogen) atoms. The van der Waals surface area contributed by atoms with Crippen molar-refractivity contribution in [3.63, 3.8) is 0 Å². The lowest BCUT2D eigenvalue weighted by atomic mass is 10.1. The van der Waals surface area contributed by atoms with Crippen molar-refractivity contribution in [2.24, 2.45) is 0 Å². The third-order valence-corrected chi connectivity index (χ3v) is 5.39. The van der Waals surface area contributed by atoms with E-state index in [1.807, 2.05) is 17.9 Å². The number of rotatable bonds is 8. The second-order valence-corrected chi connectivity index (χ2v) is 8.51. The number of anilines is 1. The Bertz CT molecular complexity index is 1170. The number of benzene rings is 1. The van der Waals surface area contributed by atoms with Gasteiger partial charge in [0.15, 0.2) is 18.1 Å². The monoisotopic (exact) mass is 473 g/mol. The van der Waals surface area contributed by atoms with Gasteiger partial charge in [-0.3, -0.25) is 4.79 Å². The average molecular weight is 473 g/mol. The van der Waals surface area contributed by atoms with Crippen molar-refractivity contribution >= 4 is 11.7 Å². The van der Waals surface area contributed by atoms with E-state index in [4.69, 9.17) is 9.26 Å². The molecule has 11 heteroatoms. The molecule has 3 aromatic rings. The van der Waals surface area contributed by atoms with Gasteiger partial charge in [0.25, 0.3) is 12.3 Å². The molecule has 0 radical (unpaired) electrons. The molecule has 1 unspecified atom stereocenters. The van der Waals surface area contributed by atoms with Gasteiger partial charge in [-0.25, -0.2) is 13.8 Å². The summed E-state index contributed by atoms with van der Waals surface area (Å²) in [5, 5.41) is 16.6. The third kappa shape index (κ3) is 5.84. The van der Waals surface area contributed by atoms with E-state index in [0.29, 0.717) is 42.3 Å². The van der Waals surface area contributed by atoms with Crippen LogP contribution in [0.25, 0.3) is 0 Å². The second-order valence-electron chi connectivity index (χ2n) is 8.51. The Kier molecular flexibility index (Phi) is 6.73. The number of ether oxygens (including phenoxy) is 1. The second kappa shape index (κ2) is 9.72. The number of aliphatic hydroxyl groups is 1. The minimum Gasteiger partial charge on any atom is -0.455 e. The molecule has 3 heterocycles. The topological polar surface area (TPSA) is 114 Å². The minimum atomic E-state index is -2.58. The smallest absolute Gasteiger partial charge is 0.319 e. The van der Waals surface area contributed by atoms with Crippen LogP contribution in [0.4, 0.5) is 14.6 Å². The summed E-state index contributed by atoms with van der Waals surface area (Å²) >= 11 is 0. The van der Waals surface area contributed by atoms with Gasteiger partial charge in [0.05, 0.1) is 5.60 Å². The largest absolute Gasteiger partial charge is 0.455 e. The molecule has 1 aliphatic heterocycles. The van der Waals surface area contributed by atoms with Crippen LogP contribution in [-0.2, 0) is 13.2 Å². The molecule has 180 valence electrons. The number of aromatic nitrogens is 3. The summed E-state index contributed by atoms with van der Waals surface area (Å²) in [6.45, 7) is 4.78. The Hall–Kier alpha value is -3.60. The van der Waals surface area contributed by atoms with Crippen LogP contribution in [0.2, 0.25) is 0 Å². The van der Waals surface area contributed by atoms with Gasteiger partial charge >= 0.3 is 6.01 Å². The molecule has 0 aliphatic carbocycles. The lowest BCUT2D eigenvalue weighted by Gasteiger charge is -2.20. The van der Waals surface area contributed by atoms with Crippen LogP contribution in [0.15, 0.2) is 40.9 Å². The van der Waals surface area contributed by atoms with Crippen molar-refractivity contribution in [2.75, 3.05) is 18.0 Å². The molecule has 0 saturated carbocycles. The molecule has 4 rings (SSSR count). The maximum Gasteiger partial charge on any atom is 0.319 e. The van der Waals surface area contributed by atoms with E-state index in [-0.39, 0.29) is 30.4 Å². The van der Waals surface area contributed by atoms with Crippen LogP contribution in [0, 0.1) is 6.92 Å².